The molecule has 3 heteroatoms. The van der Waals surface area contributed by atoms with Crippen molar-refractivity contribution in [1.82, 2.24) is 5.32 Å². The van der Waals surface area contributed by atoms with Crippen molar-refractivity contribution < 1.29 is 8.78 Å². The first kappa shape index (κ1) is 15.1. The van der Waals surface area contributed by atoms with Gasteiger partial charge in [-0.25, -0.2) is 8.78 Å². The van der Waals surface area contributed by atoms with Gasteiger partial charge in [0.15, 0.2) is 0 Å². The predicted octanol–water partition coefficient (Wildman–Crippen LogP) is 3.78. The molecule has 102 valence electrons. The normalized spacial score (nSPS) is 14.8. The summed E-state index contributed by atoms with van der Waals surface area (Å²) in [6.45, 7) is 9.40. The molecule has 0 aliphatic heterocycles. The summed E-state index contributed by atoms with van der Waals surface area (Å²) in [5, 5.41) is 3.38. The van der Waals surface area contributed by atoms with Crippen LogP contribution in [0.1, 0.15) is 33.3 Å². The third kappa shape index (κ3) is 4.73. The highest BCUT2D eigenvalue weighted by atomic mass is 19.1. The Morgan fingerprint density at radius 1 is 1.06 bits per heavy atom. The molecule has 0 amide bonds. The molecule has 0 radical (unpaired) electrons. The van der Waals surface area contributed by atoms with Crippen molar-refractivity contribution in [2.75, 3.05) is 6.54 Å². The Morgan fingerprint density at radius 2 is 1.72 bits per heavy atom. The van der Waals surface area contributed by atoms with Crippen LogP contribution in [-0.2, 0) is 6.42 Å². The molecule has 0 saturated heterocycles. The minimum Gasteiger partial charge on any atom is -0.314 e. The molecule has 0 aliphatic rings. The van der Waals surface area contributed by atoms with E-state index >= 15 is 0 Å². The van der Waals surface area contributed by atoms with E-state index in [2.05, 4.69) is 33.0 Å². The highest BCUT2D eigenvalue weighted by Crippen LogP contribution is 2.19. The summed E-state index contributed by atoms with van der Waals surface area (Å²) in [7, 11) is 0. The van der Waals surface area contributed by atoms with Gasteiger partial charge in [-0.2, -0.15) is 0 Å². The number of halogens is 2. The second-order valence-electron chi connectivity index (χ2n) is 5.46. The van der Waals surface area contributed by atoms with Gasteiger partial charge in [0.1, 0.15) is 11.6 Å². The maximum Gasteiger partial charge on any atom is 0.129 e. The Balaban J connectivity index is 2.55. The number of hydrogen-bond acceptors (Lipinski definition) is 1. The van der Waals surface area contributed by atoms with Gasteiger partial charge in [0, 0.05) is 12.1 Å². The maximum atomic E-state index is 13.5. The standard InChI is InChI=1S/C15H23F2N/c1-10(2)18-9-12(4)11(3)7-13-5-6-14(16)8-15(13)17/h5-6,8,10-12,18H,7,9H2,1-4H3. The smallest absolute Gasteiger partial charge is 0.129 e. The van der Waals surface area contributed by atoms with E-state index in [-0.39, 0.29) is 0 Å². The highest BCUT2D eigenvalue weighted by Gasteiger charge is 2.15. The molecule has 1 N–H and O–H groups in total. The van der Waals surface area contributed by atoms with Crippen LogP contribution in [0, 0.1) is 23.5 Å². The maximum absolute atomic E-state index is 13.5. The average Bonchev–Trinajstić information content (AvgIpc) is 2.29. The number of rotatable bonds is 6. The second-order valence-corrected chi connectivity index (χ2v) is 5.46. The summed E-state index contributed by atoms with van der Waals surface area (Å²) in [4.78, 5) is 0. The third-order valence-electron chi connectivity index (χ3n) is 3.38. The zero-order valence-electron chi connectivity index (χ0n) is 11.6. The first-order chi connectivity index (χ1) is 8.40. The first-order valence-corrected chi connectivity index (χ1v) is 6.57. The lowest BCUT2D eigenvalue weighted by Gasteiger charge is -2.22. The van der Waals surface area contributed by atoms with Crippen molar-refractivity contribution in [3.05, 3.63) is 35.4 Å². The molecule has 1 aromatic rings. The molecule has 1 aromatic carbocycles. The largest absolute Gasteiger partial charge is 0.314 e. The highest BCUT2D eigenvalue weighted by molar-refractivity contribution is 5.19. The molecule has 0 aliphatic carbocycles. The van der Waals surface area contributed by atoms with Crippen LogP contribution in [0.25, 0.3) is 0 Å². The van der Waals surface area contributed by atoms with E-state index in [0.29, 0.717) is 29.9 Å². The summed E-state index contributed by atoms with van der Waals surface area (Å²) in [5.41, 5.74) is 0.597. The van der Waals surface area contributed by atoms with Gasteiger partial charge in [-0.3, -0.25) is 0 Å². The zero-order valence-corrected chi connectivity index (χ0v) is 11.6. The minimum absolute atomic E-state index is 0.358. The molecule has 0 saturated carbocycles. The van der Waals surface area contributed by atoms with Crippen molar-refractivity contribution >= 4 is 0 Å². The van der Waals surface area contributed by atoms with Crippen molar-refractivity contribution in [2.45, 2.75) is 40.2 Å². The monoisotopic (exact) mass is 255 g/mol. The van der Waals surface area contributed by atoms with Gasteiger partial charge in [0.25, 0.3) is 0 Å². The van der Waals surface area contributed by atoms with Gasteiger partial charge in [0.05, 0.1) is 0 Å². The SMILES string of the molecule is CC(C)NCC(C)C(C)Cc1ccc(F)cc1F. The van der Waals surface area contributed by atoms with Crippen molar-refractivity contribution in [2.24, 2.45) is 11.8 Å². The molecule has 2 atom stereocenters. The third-order valence-corrected chi connectivity index (χ3v) is 3.38. The Labute approximate surface area is 109 Å². The quantitative estimate of drug-likeness (QED) is 0.815. The molecule has 1 rings (SSSR count). The van der Waals surface area contributed by atoms with Gasteiger partial charge < -0.3 is 5.32 Å². The lowest BCUT2D eigenvalue weighted by atomic mass is 9.89. The van der Waals surface area contributed by atoms with E-state index in [1.54, 1.807) is 6.07 Å². The molecule has 0 bridgehead atoms. The Bertz CT molecular complexity index is 377. The van der Waals surface area contributed by atoms with Crippen molar-refractivity contribution in [3.63, 3.8) is 0 Å². The average molecular weight is 255 g/mol. The number of benzene rings is 1. The fourth-order valence-corrected chi connectivity index (χ4v) is 1.86. The molecule has 18 heavy (non-hydrogen) atoms. The van der Waals surface area contributed by atoms with Crippen LogP contribution >= 0.6 is 0 Å². The Hall–Kier alpha value is -0.960. The van der Waals surface area contributed by atoms with E-state index in [9.17, 15) is 8.78 Å². The molecule has 2 unspecified atom stereocenters. The second kappa shape index (κ2) is 6.83. The van der Waals surface area contributed by atoms with Gasteiger partial charge in [0.2, 0.25) is 0 Å². The first-order valence-electron chi connectivity index (χ1n) is 6.57. The Morgan fingerprint density at radius 3 is 2.28 bits per heavy atom. The van der Waals surface area contributed by atoms with Crippen LogP contribution in [0.4, 0.5) is 8.78 Å². The van der Waals surface area contributed by atoms with E-state index in [0.717, 1.165) is 12.6 Å². The van der Waals surface area contributed by atoms with Crippen LogP contribution < -0.4 is 5.32 Å². The van der Waals surface area contributed by atoms with Crippen LogP contribution in [0.5, 0.6) is 0 Å². The Kier molecular flexibility index (Phi) is 5.73. The van der Waals surface area contributed by atoms with Gasteiger partial charge >= 0.3 is 0 Å². The van der Waals surface area contributed by atoms with E-state index in [1.165, 1.54) is 6.07 Å². The number of hydrogen-bond donors (Lipinski definition) is 1. The fraction of sp³-hybridized carbons (Fsp3) is 0.600. The zero-order chi connectivity index (χ0) is 13.7. The van der Waals surface area contributed by atoms with Crippen LogP contribution in [0.2, 0.25) is 0 Å². The molecule has 0 spiro atoms. The van der Waals surface area contributed by atoms with E-state index in [4.69, 9.17) is 0 Å². The minimum atomic E-state index is -0.515. The van der Waals surface area contributed by atoms with Crippen LogP contribution in [0.3, 0.4) is 0 Å². The topological polar surface area (TPSA) is 12.0 Å². The van der Waals surface area contributed by atoms with Crippen LogP contribution in [-0.4, -0.2) is 12.6 Å². The van der Waals surface area contributed by atoms with Crippen LogP contribution in [0.15, 0.2) is 18.2 Å². The van der Waals surface area contributed by atoms with E-state index in [1.807, 2.05) is 0 Å². The molecular weight excluding hydrogens is 232 g/mol. The number of nitrogens with one attached hydrogen (secondary N) is 1. The summed E-state index contributed by atoms with van der Waals surface area (Å²) < 4.78 is 26.3. The van der Waals surface area contributed by atoms with Gasteiger partial charge in [-0.1, -0.05) is 33.8 Å². The van der Waals surface area contributed by atoms with Gasteiger partial charge in [-0.15, -0.1) is 0 Å². The molecular formula is C15H23F2N. The lowest BCUT2D eigenvalue weighted by Crippen LogP contribution is -2.31. The lowest BCUT2D eigenvalue weighted by molar-refractivity contribution is 0.350. The predicted molar refractivity (Wildman–Crippen MR) is 71.5 cm³/mol. The molecule has 1 nitrogen and oxygen atoms in total. The molecule has 0 heterocycles. The summed E-state index contributed by atoms with van der Waals surface area (Å²) in [5.74, 6) is -0.141. The summed E-state index contributed by atoms with van der Waals surface area (Å²) in [6, 6.07) is 4.28. The van der Waals surface area contributed by atoms with Crippen molar-refractivity contribution in [1.29, 1.82) is 0 Å². The van der Waals surface area contributed by atoms with Gasteiger partial charge in [-0.05, 0) is 36.4 Å². The van der Waals surface area contributed by atoms with E-state index < -0.39 is 11.6 Å². The summed E-state index contributed by atoms with van der Waals surface area (Å²) >= 11 is 0. The van der Waals surface area contributed by atoms with Crippen molar-refractivity contribution in [3.8, 4) is 0 Å². The fourth-order valence-electron chi connectivity index (χ4n) is 1.86. The molecule has 0 fully saturated rings. The summed E-state index contributed by atoms with van der Waals surface area (Å²) in [6.07, 6.45) is 0.646. The molecule has 0 aromatic heterocycles.